The Balaban J connectivity index is 2.03. The minimum Gasteiger partial charge on any atom is -0.437 e. The maximum absolute atomic E-state index is 12.1. The third kappa shape index (κ3) is 2.85. The number of carbonyl (C=O) groups excluding carboxylic acids is 1. The predicted octanol–water partition coefficient (Wildman–Crippen LogP) is 1.66. The molecule has 3 N–H and O–H groups in total. The fourth-order valence-corrected chi connectivity index (χ4v) is 2.89. The highest BCUT2D eigenvalue weighted by Crippen LogP contribution is 2.32. The Bertz CT molecular complexity index is 915. The van der Waals surface area contributed by atoms with Crippen LogP contribution in [0.2, 0.25) is 0 Å². The molecule has 7 nitrogen and oxygen atoms in total. The van der Waals surface area contributed by atoms with Crippen molar-refractivity contribution in [2.45, 2.75) is 38.3 Å². The predicted molar refractivity (Wildman–Crippen MR) is 92.6 cm³/mol. The summed E-state index contributed by atoms with van der Waals surface area (Å²) in [6.45, 7) is 5.02. The highest BCUT2D eigenvalue weighted by molar-refractivity contribution is 5.99. The maximum atomic E-state index is 12.1. The van der Waals surface area contributed by atoms with E-state index in [2.05, 4.69) is 22.1 Å². The lowest BCUT2D eigenvalue weighted by Gasteiger charge is -2.39. The van der Waals surface area contributed by atoms with Gasteiger partial charge in [-0.15, -0.1) is 5.92 Å². The highest BCUT2D eigenvalue weighted by Gasteiger charge is 2.38. The second-order valence-electron chi connectivity index (χ2n) is 6.58. The first-order valence-electron chi connectivity index (χ1n) is 7.87. The lowest BCUT2D eigenvalue weighted by molar-refractivity contribution is -0.129. The molecule has 1 fully saturated rings. The van der Waals surface area contributed by atoms with E-state index < -0.39 is 11.1 Å². The third-order valence-electron chi connectivity index (χ3n) is 4.42. The van der Waals surface area contributed by atoms with E-state index in [9.17, 15) is 9.90 Å². The minimum absolute atomic E-state index is 0.0563. The van der Waals surface area contributed by atoms with E-state index >= 15 is 0 Å². The molecule has 1 aliphatic heterocycles. The lowest BCUT2D eigenvalue weighted by Crippen LogP contribution is -2.58. The van der Waals surface area contributed by atoms with Crippen LogP contribution in [-0.4, -0.2) is 33.9 Å². The van der Waals surface area contributed by atoms with Gasteiger partial charge < -0.3 is 14.8 Å². The van der Waals surface area contributed by atoms with Crippen LogP contribution in [0.1, 0.15) is 38.6 Å². The van der Waals surface area contributed by atoms with Crippen molar-refractivity contribution in [1.82, 2.24) is 15.2 Å². The molecule has 25 heavy (non-hydrogen) atoms. The Morgan fingerprint density at radius 3 is 2.88 bits per heavy atom. The number of nitrogens with one attached hydrogen (secondary N) is 2. The number of aromatic nitrogens is 1. The molecular weight excluding hydrogens is 320 g/mol. The van der Waals surface area contributed by atoms with E-state index in [1.54, 1.807) is 26.1 Å². The van der Waals surface area contributed by atoms with Crippen LogP contribution in [0.25, 0.3) is 11.1 Å². The molecule has 1 aromatic carbocycles. The number of oxazole rings is 1. The standard InChI is InChI=1S/C18H20N4O3/c1-5-8-18(3,24)15-20-12-9-11(6-7-13(12)25-15)17(2)10-14(23)22(4)16(19)21-17/h6-7,9,24H,10H2,1-4H3,(H2,19,21)/t17-,18-/m0/s1. The molecule has 0 bridgehead atoms. The van der Waals surface area contributed by atoms with E-state index in [0.717, 1.165) is 5.56 Å². The summed E-state index contributed by atoms with van der Waals surface area (Å²) in [7, 11) is 1.57. The summed E-state index contributed by atoms with van der Waals surface area (Å²) in [6, 6.07) is 5.38. The van der Waals surface area contributed by atoms with Crippen molar-refractivity contribution in [1.29, 1.82) is 5.41 Å². The molecule has 1 aliphatic rings. The van der Waals surface area contributed by atoms with Crippen LogP contribution in [0.15, 0.2) is 22.6 Å². The molecule has 130 valence electrons. The number of hydrogen-bond donors (Lipinski definition) is 3. The fraction of sp³-hybridized carbons (Fsp3) is 0.389. The maximum Gasteiger partial charge on any atom is 0.240 e. The zero-order chi connectivity index (χ0) is 18.4. The number of rotatable bonds is 2. The van der Waals surface area contributed by atoms with Crippen LogP contribution >= 0.6 is 0 Å². The summed E-state index contributed by atoms with van der Waals surface area (Å²) in [5.74, 6) is 5.37. The molecule has 3 rings (SSSR count). The van der Waals surface area contributed by atoms with Gasteiger partial charge in [0.1, 0.15) is 5.52 Å². The number of fused-ring (bicyclic) bond motifs is 1. The minimum atomic E-state index is -1.47. The van der Waals surface area contributed by atoms with Crippen LogP contribution < -0.4 is 5.32 Å². The zero-order valence-electron chi connectivity index (χ0n) is 14.6. The van der Waals surface area contributed by atoms with Crippen molar-refractivity contribution in [3.8, 4) is 11.8 Å². The normalized spacial score (nSPS) is 23.0. The summed E-state index contributed by atoms with van der Waals surface area (Å²) in [5, 5.41) is 21.3. The molecule has 1 aromatic heterocycles. The molecule has 2 atom stereocenters. The Morgan fingerprint density at radius 2 is 2.24 bits per heavy atom. The van der Waals surface area contributed by atoms with E-state index in [0.29, 0.717) is 11.1 Å². The van der Waals surface area contributed by atoms with Gasteiger partial charge in [0, 0.05) is 7.05 Å². The smallest absolute Gasteiger partial charge is 0.240 e. The van der Waals surface area contributed by atoms with E-state index in [4.69, 9.17) is 9.83 Å². The molecule has 0 unspecified atom stereocenters. The average Bonchev–Trinajstić information content (AvgIpc) is 2.96. The molecule has 1 amide bonds. The number of hydrogen-bond acceptors (Lipinski definition) is 5. The molecule has 2 aromatic rings. The van der Waals surface area contributed by atoms with Crippen LogP contribution in [0.4, 0.5) is 0 Å². The number of amides is 1. The summed E-state index contributed by atoms with van der Waals surface area (Å²) in [6.07, 6.45) is 0.223. The van der Waals surface area contributed by atoms with E-state index in [1.165, 1.54) is 11.8 Å². The average molecular weight is 340 g/mol. The second-order valence-corrected chi connectivity index (χ2v) is 6.58. The van der Waals surface area contributed by atoms with Gasteiger partial charge in [-0.25, -0.2) is 4.98 Å². The molecule has 2 heterocycles. The van der Waals surface area contributed by atoms with Crippen LogP contribution in [-0.2, 0) is 15.9 Å². The summed E-state index contributed by atoms with van der Waals surface area (Å²) >= 11 is 0. The summed E-state index contributed by atoms with van der Waals surface area (Å²) < 4.78 is 5.62. The Kier molecular flexibility index (Phi) is 3.81. The SMILES string of the molecule is CC#C[C@](C)(O)c1nc2cc([C@]3(C)CC(=O)N(C)C(=N)N3)ccc2o1. The molecule has 0 aliphatic carbocycles. The van der Waals surface area contributed by atoms with Crippen molar-refractivity contribution < 1.29 is 14.3 Å². The number of nitrogens with zero attached hydrogens (tertiary/aromatic N) is 2. The van der Waals surface area contributed by atoms with Crippen molar-refractivity contribution >= 4 is 23.0 Å². The third-order valence-corrected chi connectivity index (χ3v) is 4.42. The Hall–Kier alpha value is -2.85. The summed E-state index contributed by atoms with van der Waals surface area (Å²) in [5.41, 5.74) is -0.282. The summed E-state index contributed by atoms with van der Waals surface area (Å²) in [4.78, 5) is 17.8. The van der Waals surface area contributed by atoms with Gasteiger partial charge in [0.15, 0.2) is 17.1 Å². The molecule has 7 heteroatoms. The molecule has 1 saturated heterocycles. The van der Waals surface area contributed by atoms with Crippen molar-refractivity contribution in [2.24, 2.45) is 0 Å². The number of benzene rings is 1. The van der Waals surface area contributed by atoms with Gasteiger partial charge in [0.05, 0.1) is 12.0 Å². The van der Waals surface area contributed by atoms with Crippen LogP contribution in [0.3, 0.4) is 0 Å². The zero-order valence-corrected chi connectivity index (χ0v) is 14.6. The quantitative estimate of drug-likeness (QED) is 0.722. The van der Waals surface area contributed by atoms with E-state index in [1.807, 2.05) is 13.0 Å². The second kappa shape index (κ2) is 5.60. The molecule has 0 spiro atoms. The van der Waals surface area contributed by atoms with Crippen molar-refractivity contribution in [3.05, 3.63) is 29.7 Å². The van der Waals surface area contributed by atoms with Gasteiger partial charge in [-0.3, -0.25) is 15.1 Å². The number of carbonyl (C=O) groups is 1. The highest BCUT2D eigenvalue weighted by atomic mass is 16.4. The Labute approximate surface area is 145 Å². The van der Waals surface area contributed by atoms with Crippen molar-refractivity contribution in [3.63, 3.8) is 0 Å². The van der Waals surface area contributed by atoms with Gasteiger partial charge in [0.25, 0.3) is 0 Å². The molecular formula is C18H20N4O3. The lowest BCUT2D eigenvalue weighted by atomic mass is 9.86. The fourth-order valence-electron chi connectivity index (χ4n) is 2.89. The monoisotopic (exact) mass is 340 g/mol. The van der Waals surface area contributed by atoms with Crippen LogP contribution in [0.5, 0.6) is 0 Å². The van der Waals surface area contributed by atoms with Gasteiger partial charge >= 0.3 is 0 Å². The largest absolute Gasteiger partial charge is 0.437 e. The number of aliphatic hydroxyl groups is 1. The molecule has 0 saturated carbocycles. The first-order chi connectivity index (χ1) is 11.7. The topological polar surface area (TPSA) is 102 Å². The first kappa shape index (κ1) is 17.0. The number of guanidine groups is 1. The van der Waals surface area contributed by atoms with Gasteiger partial charge in [-0.05, 0) is 38.5 Å². The van der Waals surface area contributed by atoms with E-state index in [-0.39, 0.29) is 24.2 Å². The van der Waals surface area contributed by atoms with Gasteiger partial charge in [-0.1, -0.05) is 12.0 Å². The molecule has 0 radical (unpaired) electrons. The van der Waals surface area contributed by atoms with Crippen molar-refractivity contribution in [2.75, 3.05) is 7.05 Å². The van der Waals surface area contributed by atoms with Crippen LogP contribution in [0, 0.1) is 17.3 Å². The Morgan fingerprint density at radius 1 is 1.52 bits per heavy atom. The van der Waals surface area contributed by atoms with Gasteiger partial charge in [-0.2, -0.15) is 0 Å². The van der Waals surface area contributed by atoms with Gasteiger partial charge in [0.2, 0.25) is 11.8 Å². The first-order valence-corrected chi connectivity index (χ1v) is 7.87.